The fourth-order valence-corrected chi connectivity index (χ4v) is 7.41. The van der Waals surface area contributed by atoms with Gasteiger partial charge in [0.1, 0.15) is 6.10 Å². The molecule has 2 saturated carbocycles. The normalized spacial score (nSPS) is 39.7. The number of carbonyl (C=O) groups is 2. The Hall–Kier alpha value is -1.58. The molecule has 0 spiro atoms. The van der Waals surface area contributed by atoms with E-state index >= 15 is 0 Å². The molecular formula is C26H38O4. The monoisotopic (exact) mass is 414 g/mol. The Morgan fingerprint density at radius 2 is 1.93 bits per heavy atom. The van der Waals surface area contributed by atoms with E-state index in [0.29, 0.717) is 24.2 Å². The summed E-state index contributed by atoms with van der Waals surface area (Å²) < 4.78 is 10.4. The standard InChI is InChI=1S/C26H38O4/c1-17(27)30-20-12-14-26(3)19(16-20)8-10-21-22-11-9-18(6-5-7-24(28)29-4)25(22,2)15-13-23(21)26/h9,13,19-22H,5-8,10-12,14-16H2,1-4H3/t19-,20-,21?,22?,25-,26+/m1/s1. The van der Waals surface area contributed by atoms with Crippen molar-refractivity contribution >= 4 is 11.9 Å². The van der Waals surface area contributed by atoms with Gasteiger partial charge in [0.05, 0.1) is 7.11 Å². The predicted octanol–water partition coefficient (Wildman–Crippen LogP) is 5.76. The van der Waals surface area contributed by atoms with Crippen LogP contribution in [0, 0.1) is 28.6 Å². The van der Waals surface area contributed by atoms with E-state index in [0.717, 1.165) is 38.5 Å². The summed E-state index contributed by atoms with van der Waals surface area (Å²) in [6.07, 6.45) is 15.6. The second kappa shape index (κ2) is 8.16. The zero-order valence-electron chi connectivity index (χ0n) is 19.2. The van der Waals surface area contributed by atoms with E-state index in [1.807, 2.05) is 0 Å². The fraction of sp³-hybridized carbons (Fsp3) is 0.769. The second-order valence-corrected chi connectivity index (χ2v) is 10.6. The zero-order chi connectivity index (χ0) is 21.5. The average Bonchev–Trinajstić information content (AvgIpc) is 3.04. The molecule has 0 heterocycles. The number of esters is 2. The average molecular weight is 415 g/mol. The highest BCUT2D eigenvalue weighted by molar-refractivity contribution is 5.69. The number of carbonyl (C=O) groups excluding carboxylic acids is 2. The first-order chi connectivity index (χ1) is 14.3. The van der Waals surface area contributed by atoms with Gasteiger partial charge in [-0.15, -0.1) is 0 Å². The van der Waals surface area contributed by atoms with E-state index in [1.54, 1.807) is 11.1 Å². The maximum atomic E-state index is 11.5. The molecule has 0 radical (unpaired) electrons. The molecule has 4 rings (SSSR count). The van der Waals surface area contributed by atoms with Gasteiger partial charge < -0.3 is 9.47 Å². The Kier molecular flexibility index (Phi) is 5.89. The Labute approximate surface area is 181 Å². The first-order valence-corrected chi connectivity index (χ1v) is 11.9. The largest absolute Gasteiger partial charge is 0.469 e. The lowest BCUT2D eigenvalue weighted by molar-refractivity contribution is -0.151. The van der Waals surface area contributed by atoms with Crippen LogP contribution < -0.4 is 0 Å². The van der Waals surface area contributed by atoms with E-state index in [2.05, 4.69) is 26.0 Å². The molecule has 0 amide bonds. The Morgan fingerprint density at radius 1 is 1.13 bits per heavy atom. The van der Waals surface area contributed by atoms with Crippen LogP contribution in [0.4, 0.5) is 0 Å². The van der Waals surface area contributed by atoms with Crippen molar-refractivity contribution in [3.05, 3.63) is 23.3 Å². The molecule has 0 aromatic carbocycles. The van der Waals surface area contributed by atoms with E-state index in [1.165, 1.54) is 33.3 Å². The van der Waals surface area contributed by atoms with Gasteiger partial charge in [-0.25, -0.2) is 0 Å². The van der Waals surface area contributed by atoms with Gasteiger partial charge >= 0.3 is 11.9 Å². The lowest BCUT2D eigenvalue weighted by Gasteiger charge is -2.56. The SMILES string of the molecule is COC(=O)CCCC1=CCC2C3CC[C@@H]4C[C@H](OC(C)=O)CC[C@]4(C)C3=CC[C@]12C. The highest BCUT2D eigenvalue weighted by Crippen LogP contribution is 2.64. The van der Waals surface area contributed by atoms with Crippen LogP contribution in [0.2, 0.25) is 0 Å². The van der Waals surface area contributed by atoms with Crippen LogP contribution >= 0.6 is 0 Å². The molecule has 0 aromatic heterocycles. The van der Waals surface area contributed by atoms with Gasteiger partial charge in [0, 0.05) is 13.3 Å². The van der Waals surface area contributed by atoms with Gasteiger partial charge in [-0.05, 0) is 86.4 Å². The molecule has 2 fully saturated rings. The molecule has 30 heavy (non-hydrogen) atoms. The summed E-state index contributed by atoms with van der Waals surface area (Å²) in [6.45, 7) is 6.49. The quantitative estimate of drug-likeness (QED) is 0.424. The minimum atomic E-state index is -0.137. The summed E-state index contributed by atoms with van der Waals surface area (Å²) in [5.74, 6) is 1.79. The van der Waals surface area contributed by atoms with Gasteiger partial charge in [0.25, 0.3) is 0 Å². The zero-order valence-corrected chi connectivity index (χ0v) is 19.2. The highest BCUT2D eigenvalue weighted by Gasteiger charge is 2.55. The maximum Gasteiger partial charge on any atom is 0.305 e. The minimum absolute atomic E-state index is 0.100. The molecule has 6 atom stereocenters. The summed E-state index contributed by atoms with van der Waals surface area (Å²) in [5, 5.41) is 0. The summed E-state index contributed by atoms with van der Waals surface area (Å²) >= 11 is 0. The topological polar surface area (TPSA) is 52.6 Å². The summed E-state index contributed by atoms with van der Waals surface area (Å²) in [7, 11) is 1.47. The number of hydrogen-bond acceptors (Lipinski definition) is 4. The highest BCUT2D eigenvalue weighted by atomic mass is 16.5. The van der Waals surface area contributed by atoms with E-state index in [4.69, 9.17) is 9.47 Å². The van der Waals surface area contributed by atoms with Gasteiger partial charge in [0.2, 0.25) is 0 Å². The summed E-state index contributed by atoms with van der Waals surface area (Å²) in [4.78, 5) is 22.9. The van der Waals surface area contributed by atoms with E-state index < -0.39 is 0 Å². The molecule has 0 saturated heterocycles. The molecule has 4 nitrogen and oxygen atoms in total. The molecule has 0 bridgehead atoms. The lowest BCUT2D eigenvalue weighted by atomic mass is 9.48. The van der Waals surface area contributed by atoms with Crippen LogP contribution in [0.5, 0.6) is 0 Å². The van der Waals surface area contributed by atoms with Crippen molar-refractivity contribution in [2.75, 3.05) is 7.11 Å². The molecular weight excluding hydrogens is 376 g/mol. The third-order valence-electron chi connectivity index (χ3n) is 9.11. The van der Waals surface area contributed by atoms with Crippen molar-refractivity contribution in [2.24, 2.45) is 28.6 Å². The molecule has 4 aliphatic rings. The maximum absolute atomic E-state index is 11.5. The number of rotatable bonds is 5. The third-order valence-corrected chi connectivity index (χ3v) is 9.11. The number of fused-ring (bicyclic) bond motifs is 5. The van der Waals surface area contributed by atoms with Crippen molar-refractivity contribution in [2.45, 2.75) is 91.1 Å². The molecule has 4 heteroatoms. The fourth-order valence-electron chi connectivity index (χ4n) is 7.41. The van der Waals surface area contributed by atoms with Gasteiger partial charge in [-0.1, -0.05) is 37.1 Å². The number of hydrogen-bond donors (Lipinski definition) is 0. The number of methoxy groups -OCH3 is 1. The van der Waals surface area contributed by atoms with E-state index in [-0.39, 0.29) is 28.9 Å². The van der Waals surface area contributed by atoms with Crippen molar-refractivity contribution < 1.29 is 19.1 Å². The molecule has 0 aliphatic heterocycles. The van der Waals surface area contributed by atoms with Crippen LogP contribution in [-0.4, -0.2) is 25.2 Å². The summed E-state index contributed by atoms with van der Waals surface area (Å²) in [5.41, 5.74) is 3.81. The Bertz CT molecular complexity index is 765. The first-order valence-electron chi connectivity index (χ1n) is 11.9. The molecule has 166 valence electrons. The Morgan fingerprint density at radius 3 is 2.67 bits per heavy atom. The van der Waals surface area contributed by atoms with Crippen LogP contribution in [0.15, 0.2) is 23.3 Å². The van der Waals surface area contributed by atoms with E-state index in [9.17, 15) is 9.59 Å². The second-order valence-electron chi connectivity index (χ2n) is 10.6. The van der Waals surface area contributed by atoms with Crippen LogP contribution in [-0.2, 0) is 19.1 Å². The minimum Gasteiger partial charge on any atom is -0.469 e. The van der Waals surface area contributed by atoms with Crippen molar-refractivity contribution in [1.82, 2.24) is 0 Å². The van der Waals surface area contributed by atoms with Gasteiger partial charge in [0.15, 0.2) is 0 Å². The molecule has 2 unspecified atom stereocenters. The van der Waals surface area contributed by atoms with Crippen LogP contribution in [0.1, 0.15) is 85.0 Å². The van der Waals surface area contributed by atoms with Crippen LogP contribution in [0.25, 0.3) is 0 Å². The molecule has 4 aliphatic carbocycles. The van der Waals surface area contributed by atoms with Crippen LogP contribution in [0.3, 0.4) is 0 Å². The molecule has 0 N–H and O–H groups in total. The first kappa shape index (κ1) is 21.6. The molecule has 0 aromatic rings. The van der Waals surface area contributed by atoms with Gasteiger partial charge in [-0.3, -0.25) is 9.59 Å². The van der Waals surface area contributed by atoms with Gasteiger partial charge in [-0.2, -0.15) is 0 Å². The van der Waals surface area contributed by atoms with Crippen molar-refractivity contribution in [1.29, 1.82) is 0 Å². The van der Waals surface area contributed by atoms with Crippen molar-refractivity contribution in [3.63, 3.8) is 0 Å². The summed E-state index contributed by atoms with van der Waals surface area (Å²) in [6, 6.07) is 0. The number of allylic oxidation sites excluding steroid dienone is 4. The number of ether oxygens (including phenoxy) is 2. The van der Waals surface area contributed by atoms with Crippen molar-refractivity contribution in [3.8, 4) is 0 Å². The Balaban J connectivity index is 1.47. The third kappa shape index (κ3) is 3.65. The smallest absolute Gasteiger partial charge is 0.305 e. The predicted molar refractivity (Wildman–Crippen MR) is 117 cm³/mol. The lowest BCUT2D eigenvalue weighted by Crippen LogP contribution is -2.48.